The SMILES string of the molecule is Cn1ccc(Nc2nccc(Cl)n2)n1. The number of halogens is 1. The Morgan fingerprint density at radius 3 is 2.93 bits per heavy atom. The highest BCUT2D eigenvalue weighted by Crippen LogP contribution is 2.11. The van der Waals surface area contributed by atoms with Crippen LogP contribution in [0, 0.1) is 0 Å². The van der Waals surface area contributed by atoms with Crippen LogP contribution in [-0.2, 0) is 7.05 Å². The Kier molecular flexibility index (Phi) is 2.32. The van der Waals surface area contributed by atoms with E-state index in [0.29, 0.717) is 16.9 Å². The van der Waals surface area contributed by atoms with Crippen LogP contribution in [0.3, 0.4) is 0 Å². The van der Waals surface area contributed by atoms with Gasteiger partial charge in [-0.3, -0.25) is 4.68 Å². The molecular weight excluding hydrogens is 202 g/mol. The number of aryl methyl sites for hydroxylation is 1. The third-order valence-corrected chi connectivity index (χ3v) is 1.79. The van der Waals surface area contributed by atoms with Gasteiger partial charge >= 0.3 is 0 Å². The van der Waals surface area contributed by atoms with Crippen molar-refractivity contribution in [3.63, 3.8) is 0 Å². The third kappa shape index (κ3) is 2.00. The molecule has 0 fully saturated rings. The van der Waals surface area contributed by atoms with Crippen LogP contribution in [0.4, 0.5) is 11.8 Å². The fraction of sp³-hybridized carbons (Fsp3) is 0.125. The van der Waals surface area contributed by atoms with Crippen molar-refractivity contribution in [1.29, 1.82) is 0 Å². The predicted molar refractivity (Wildman–Crippen MR) is 53.5 cm³/mol. The number of rotatable bonds is 2. The molecule has 5 nitrogen and oxygen atoms in total. The van der Waals surface area contributed by atoms with E-state index in [1.54, 1.807) is 16.9 Å². The average molecular weight is 210 g/mol. The van der Waals surface area contributed by atoms with E-state index in [1.165, 1.54) is 0 Å². The average Bonchev–Trinajstić information content (AvgIpc) is 2.51. The molecule has 72 valence electrons. The topological polar surface area (TPSA) is 55.6 Å². The van der Waals surface area contributed by atoms with Gasteiger partial charge in [0.2, 0.25) is 5.95 Å². The number of aromatic nitrogens is 4. The van der Waals surface area contributed by atoms with E-state index in [0.717, 1.165) is 0 Å². The first-order valence-corrected chi connectivity index (χ1v) is 4.37. The summed E-state index contributed by atoms with van der Waals surface area (Å²) in [5.74, 6) is 1.13. The van der Waals surface area contributed by atoms with Crippen LogP contribution in [0.2, 0.25) is 5.15 Å². The highest BCUT2D eigenvalue weighted by atomic mass is 35.5. The molecule has 14 heavy (non-hydrogen) atoms. The van der Waals surface area contributed by atoms with Crippen molar-refractivity contribution in [3.8, 4) is 0 Å². The molecule has 0 amide bonds. The summed E-state index contributed by atoms with van der Waals surface area (Å²) in [6.07, 6.45) is 3.41. The second-order valence-corrected chi connectivity index (χ2v) is 3.09. The fourth-order valence-electron chi connectivity index (χ4n) is 0.993. The molecular formula is C8H8ClN5. The Hall–Kier alpha value is -1.62. The van der Waals surface area contributed by atoms with Crippen LogP contribution in [-0.4, -0.2) is 19.7 Å². The molecule has 0 bridgehead atoms. The summed E-state index contributed by atoms with van der Waals surface area (Å²) in [5.41, 5.74) is 0. The lowest BCUT2D eigenvalue weighted by molar-refractivity contribution is 0.770. The van der Waals surface area contributed by atoms with Gasteiger partial charge in [0.25, 0.3) is 0 Å². The largest absolute Gasteiger partial charge is 0.307 e. The lowest BCUT2D eigenvalue weighted by atomic mass is 10.6. The lowest BCUT2D eigenvalue weighted by Crippen LogP contribution is -1.98. The molecule has 1 N–H and O–H groups in total. The Bertz CT molecular complexity index is 439. The molecule has 0 saturated heterocycles. The van der Waals surface area contributed by atoms with Crippen molar-refractivity contribution >= 4 is 23.4 Å². The normalized spacial score (nSPS) is 10.1. The number of anilines is 2. The summed E-state index contributed by atoms with van der Waals surface area (Å²) in [6.45, 7) is 0. The van der Waals surface area contributed by atoms with E-state index in [9.17, 15) is 0 Å². The molecule has 0 aromatic carbocycles. The maximum Gasteiger partial charge on any atom is 0.229 e. The van der Waals surface area contributed by atoms with E-state index < -0.39 is 0 Å². The van der Waals surface area contributed by atoms with Gasteiger partial charge in [0.15, 0.2) is 5.82 Å². The third-order valence-electron chi connectivity index (χ3n) is 1.58. The summed E-state index contributed by atoms with van der Waals surface area (Å²) >= 11 is 5.70. The van der Waals surface area contributed by atoms with Crippen LogP contribution < -0.4 is 5.32 Å². The van der Waals surface area contributed by atoms with Crippen LogP contribution in [0.1, 0.15) is 0 Å². The molecule has 0 radical (unpaired) electrons. The number of nitrogens with one attached hydrogen (secondary N) is 1. The van der Waals surface area contributed by atoms with Crippen LogP contribution >= 0.6 is 11.6 Å². The Balaban J connectivity index is 2.18. The number of nitrogens with zero attached hydrogens (tertiary/aromatic N) is 4. The maximum atomic E-state index is 5.70. The van der Waals surface area contributed by atoms with Crippen LogP contribution in [0.25, 0.3) is 0 Å². The molecule has 2 aromatic rings. The van der Waals surface area contributed by atoms with E-state index in [4.69, 9.17) is 11.6 Å². The van der Waals surface area contributed by atoms with Gasteiger partial charge in [-0.1, -0.05) is 11.6 Å². The van der Waals surface area contributed by atoms with E-state index >= 15 is 0 Å². The minimum absolute atomic E-state index is 0.401. The molecule has 0 aliphatic rings. The summed E-state index contributed by atoms with van der Waals surface area (Å²) in [4.78, 5) is 7.96. The van der Waals surface area contributed by atoms with E-state index in [1.807, 2.05) is 19.3 Å². The summed E-state index contributed by atoms with van der Waals surface area (Å²) in [5, 5.41) is 7.45. The monoisotopic (exact) mass is 209 g/mol. The molecule has 2 heterocycles. The summed E-state index contributed by atoms with van der Waals surface area (Å²) in [6, 6.07) is 3.44. The molecule has 0 atom stereocenters. The van der Waals surface area contributed by atoms with Crippen molar-refractivity contribution in [2.45, 2.75) is 0 Å². The molecule has 0 aliphatic carbocycles. The van der Waals surface area contributed by atoms with Gasteiger partial charge in [-0.2, -0.15) is 5.10 Å². The standard InChI is InChI=1S/C8H8ClN5/c1-14-5-3-7(13-14)12-8-10-4-2-6(9)11-8/h2-5H,1H3,(H,10,11,12,13). The first-order valence-electron chi connectivity index (χ1n) is 3.99. The van der Waals surface area contributed by atoms with Crippen molar-refractivity contribution in [2.75, 3.05) is 5.32 Å². The zero-order valence-corrected chi connectivity index (χ0v) is 8.23. The van der Waals surface area contributed by atoms with Gasteiger partial charge in [-0.05, 0) is 6.07 Å². The summed E-state index contributed by atoms with van der Waals surface area (Å²) < 4.78 is 1.69. The Morgan fingerprint density at radius 2 is 2.29 bits per heavy atom. The highest BCUT2D eigenvalue weighted by Gasteiger charge is 2.00. The highest BCUT2D eigenvalue weighted by molar-refractivity contribution is 6.29. The Labute approximate surface area is 85.8 Å². The molecule has 2 aromatic heterocycles. The van der Waals surface area contributed by atoms with Crippen molar-refractivity contribution in [3.05, 3.63) is 29.7 Å². The van der Waals surface area contributed by atoms with Crippen LogP contribution in [0.15, 0.2) is 24.5 Å². The van der Waals surface area contributed by atoms with Gasteiger partial charge < -0.3 is 5.32 Å². The molecule has 0 saturated carbocycles. The van der Waals surface area contributed by atoms with Gasteiger partial charge in [-0.25, -0.2) is 9.97 Å². The Morgan fingerprint density at radius 1 is 1.43 bits per heavy atom. The van der Waals surface area contributed by atoms with Gasteiger partial charge in [0, 0.05) is 25.5 Å². The second kappa shape index (κ2) is 3.63. The zero-order chi connectivity index (χ0) is 9.97. The molecule has 0 unspecified atom stereocenters. The van der Waals surface area contributed by atoms with Crippen molar-refractivity contribution in [2.24, 2.45) is 7.05 Å². The zero-order valence-electron chi connectivity index (χ0n) is 7.48. The van der Waals surface area contributed by atoms with E-state index in [-0.39, 0.29) is 0 Å². The molecule has 6 heteroatoms. The smallest absolute Gasteiger partial charge is 0.229 e. The lowest BCUT2D eigenvalue weighted by Gasteiger charge is -1.99. The van der Waals surface area contributed by atoms with Crippen LogP contribution in [0.5, 0.6) is 0 Å². The maximum absolute atomic E-state index is 5.70. The quantitative estimate of drug-likeness (QED) is 0.764. The fourth-order valence-corrected chi connectivity index (χ4v) is 1.13. The first kappa shape index (κ1) is 8.96. The van der Waals surface area contributed by atoms with Gasteiger partial charge in [0.05, 0.1) is 0 Å². The van der Waals surface area contributed by atoms with Crippen molar-refractivity contribution < 1.29 is 0 Å². The molecule has 0 spiro atoms. The second-order valence-electron chi connectivity index (χ2n) is 2.70. The van der Waals surface area contributed by atoms with E-state index in [2.05, 4.69) is 20.4 Å². The molecule has 2 rings (SSSR count). The minimum Gasteiger partial charge on any atom is -0.307 e. The van der Waals surface area contributed by atoms with Gasteiger partial charge in [0.1, 0.15) is 5.15 Å². The number of hydrogen-bond acceptors (Lipinski definition) is 4. The predicted octanol–water partition coefficient (Wildman–Crippen LogP) is 1.61. The molecule has 0 aliphatic heterocycles. The summed E-state index contributed by atoms with van der Waals surface area (Å²) in [7, 11) is 1.84. The minimum atomic E-state index is 0.401. The first-order chi connectivity index (χ1) is 6.74. The van der Waals surface area contributed by atoms with Gasteiger partial charge in [-0.15, -0.1) is 0 Å². The van der Waals surface area contributed by atoms with Crippen molar-refractivity contribution in [1.82, 2.24) is 19.7 Å². The number of hydrogen-bond donors (Lipinski definition) is 1.